The zero-order chi connectivity index (χ0) is 21.6. The van der Waals surface area contributed by atoms with E-state index in [1.165, 1.54) is 28.7 Å². The quantitative estimate of drug-likeness (QED) is 0.588. The van der Waals surface area contributed by atoms with Crippen LogP contribution in [0.3, 0.4) is 0 Å². The van der Waals surface area contributed by atoms with Crippen LogP contribution >= 0.6 is 11.3 Å². The number of aromatic nitrogens is 1. The Hall–Kier alpha value is -2.97. The number of amides is 2. The van der Waals surface area contributed by atoms with Gasteiger partial charge in [-0.05, 0) is 37.5 Å². The number of benzene rings is 1. The van der Waals surface area contributed by atoms with E-state index in [1.807, 2.05) is 0 Å². The van der Waals surface area contributed by atoms with Crippen LogP contribution < -0.4 is 10.6 Å². The highest BCUT2D eigenvalue weighted by Gasteiger charge is 2.21. The number of likely N-dealkylation sites (tertiary alicyclic amines) is 1. The van der Waals surface area contributed by atoms with Crippen LogP contribution in [0.2, 0.25) is 0 Å². The van der Waals surface area contributed by atoms with Crippen LogP contribution in [0.5, 0.6) is 0 Å². The third-order valence-electron chi connectivity index (χ3n) is 5.30. The van der Waals surface area contributed by atoms with E-state index in [-0.39, 0.29) is 30.0 Å². The second kappa shape index (κ2) is 9.89. The van der Waals surface area contributed by atoms with E-state index < -0.39 is 0 Å². The van der Waals surface area contributed by atoms with E-state index >= 15 is 0 Å². The molecule has 2 amide bonds. The van der Waals surface area contributed by atoms with Gasteiger partial charge in [0.1, 0.15) is 0 Å². The normalized spacial score (nSPS) is 15.0. The number of anilines is 1. The van der Waals surface area contributed by atoms with Crippen molar-refractivity contribution in [2.75, 3.05) is 18.4 Å². The lowest BCUT2D eigenvalue weighted by Crippen LogP contribution is -2.44. The summed E-state index contributed by atoms with van der Waals surface area (Å²) in [5.74, 6) is -0.164. The average molecular weight is 439 g/mol. The molecule has 0 aliphatic carbocycles. The molecule has 0 unspecified atom stereocenters. The minimum absolute atomic E-state index is 0.0358. The fourth-order valence-electron chi connectivity index (χ4n) is 3.76. The summed E-state index contributed by atoms with van der Waals surface area (Å²) in [4.78, 5) is 31.2. The van der Waals surface area contributed by atoms with Crippen LogP contribution in [-0.2, 0) is 17.8 Å². The Morgan fingerprint density at radius 1 is 1.23 bits per heavy atom. The maximum atomic E-state index is 12.4. The fraction of sp³-hybridized carbons (Fsp3) is 0.348. The summed E-state index contributed by atoms with van der Waals surface area (Å²) in [7, 11) is 0. The van der Waals surface area contributed by atoms with Crippen molar-refractivity contribution in [3.05, 3.63) is 70.6 Å². The zero-order valence-electron chi connectivity index (χ0n) is 17.5. The molecule has 7 nitrogen and oxygen atoms in total. The molecule has 0 radical (unpaired) electrons. The van der Waals surface area contributed by atoms with Crippen molar-refractivity contribution in [3.8, 4) is 0 Å². The first-order chi connectivity index (χ1) is 15.0. The molecule has 1 aliphatic rings. The van der Waals surface area contributed by atoms with Crippen molar-refractivity contribution >= 4 is 28.3 Å². The minimum atomic E-state index is -0.354. The molecule has 3 aromatic rings. The Morgan fingerprint density at radius 3 is 2.81 bits per heavy atom. The van der Waals surface area contributed by atoms with Gasteiger partial charge in [0.25, 0.3) is 5.91 Å². The number of rotatable bonds is 7. The van der Waals surface area contributed by atoms with Gasteiger partial charge in [-0.3, -0.25) is 19.8 Å². The standard InChI is InChI=1S/C23H26N4O3S/c1-16-4-2-5-17(12-16)14-27-9-7-18(8-10-27)24-21(28)13-19-15-31-23(25-19)26-22(29)20-6-3-11-30-20/h2-6,11-12,15,18H,7-10,13-14H2,1H3,(H,24,28)(H,25,26,29). The van der Waals surface area contributed by atoms with Crippen molar-refractivity contribution in [1.82, 2.24) is 15.2 Å². The lowest BCUT2D eigenvalue weighted by Gasteiger charge is -2.32. The number of aryl methyl sites for hydroxylation is 1. The summed E-state index contributed by atoms with van der Waals surface area (Å²) < 4.78 is 5.07. The zero-order valence-corrected chi connectivity index (χ0v) is 18.3. The first-order valence-electron chi connectivity index (χ1n) is 10.4. The van der Waals surface area contributed by atoms with Crippen LogP contribution in [0, 0.1) is 6.92 Å². The van der Waals surface area contributed by atoms with E-state index in [2.05, 4.69) is 51.7 Å². The Labute approximate surface area is 185 Å². The number of nitrogens with zero attached hydrogens (tertiary/aromatic N) is 2. The first-order valence-corrected chi connectivity index (χ1v) is 11.3. The maximum absolute atomic E-state index is 12.4. The number of carbonyl (C=O) groups is 2. The summed E-state index contributed by atoms with van der Waals surface area (Å²) >= 11 is 1.29. The van der Waals surface area contributed by atoms with E-state index in [0.717, 1.165) is 32.5 Å². The smallest absolute Gasteiger partial charge is 0.293 e. The predicted octanol–water partition coefficient (Wildman–Crippen LogP) is 3.62. The fourth-order valence-corrected chi connectivity index (χ4v) is 4.46. The molecule has 4 rings (SSSR count). The molecule has 1 aliphatic heterocycles. The van der Waals surface area contributed by atoms with Gasteiger partial charge < -0.3 is 9.73 Å². The Kier molecular flexibility index (Phi) is 6.79. The molecule has 8 heteroatoms. The monoisotopic (exact) mass is 438 g/mol. The highest BCUT2D eigenvalue weighted by atomic mass is 32.1. The predicted molar refractivity (Wildman–Crippen MR) is 120 cm³/mol. The number of hydrogen-bond donors (Lipinski definition) is 2. The number of thiazole rings is 1. The van der Waals surface area contributed by atoms with E-state index in [9.17, 15) is 9.59 Å². The van der Waals surface area contributed by atoms with E-state index in [4.69, 9.17) is 4.42 Å². The minimum Gasteiger partial charge on any atom is -0.459 e. The second-order valence-electron chi connectivity index (χ2n) is 7.86. The molecule has 1 aromatic carbocycles. The number of carbonyl (C=O) groups excluding carboxylic acids is 2. The molecule has 1 saturated heterocycles. The maximum Gasteiger partial charge on any atom is 0.293 e. The van der Waals surface area contributed by atoms with E-state index in [1.54, 1.807) is 17.5 Å². The molecular formula is C23H26N4O3S. The molecular weight excluding hydrogens is 412 g/mol. The second-order valence-corrected chi connectivity index (χ2v) is 8.72. The van der Waals surface area contributed by atoms with Crippen LogP contribution in [0.4, 0.5) is 5.13 Å². The van der Waals surface area contributed by atoms with Gasteiger partial charge in [-0.25, -0.2) is 4.98 Å². The van der Waals surface area contributed by atoms with Crippen LogP contribution in [0.1, 0.15) is 40.2 Å². The molecule has 0 spiro atoms. The Bertz CT molecular complexity index is 1020. The van der Waals surface area contributed by atoms with Gasteiger partial charge in [0.15, 0.2) is 10.9 Å². The summed E-state index contributed by atoms with van der Waals surface area (Å²) in [5, 5.41) is 8.06. The van der Waals surface area contributed by atoms with Gasteiger partial charge in [0.2, 0.25) is 5.91 Å². The molecule has 3 heterocycles. The highest BCUT2D eigenvalue weighted by molar-refractivity contribution is 7.14. The average Bonchev–Trinajstić information content (AvgIpc) is 3.42. The number of furan rings is 1. The van der Waals surface area contributed by atoms with Gasteiger partial charge in [0.05, 0.1) is 18.4 Å². The van der Waals surface area contributed by atoms with Crippen LogP contribution in [0.25, 0.3) is 0 Å². The van der Waals surface area contributed by atoms with Crippen LogP contribution in [0.15, 0.2) is 52.5 Å². The van der Waals surface area contributed by atoms with Crippen molar-refractivity contribution in [1.29, 1.82) is 0 Å². The van der Waals surface area contributed by atoms with Crippen molar-refractivity contribution < 1.29 is 14.0 Å². The molecule has 1 fully saturated rings. The van der Waals surface area contributed by atoms with Crippen molar-refractivity contribution in [2.45, 2.75) is 38.8 Å². The molecule has 2 aromatic heterocycles. The Morgan fingerprint density at radius 2 is 2.06 bits per heavy atom. The van der Waals surface area contributed by atoms with Gasteiger partial charge in [-0.2, -0.15) is 0 Å². The molecule has 31 heavy (non-hydrogen) atoms. The highest BCUT2D eigenvalue weighted by Crippen LogP contribution is 2.18. The van der Waals surface area contributed by atoms with Crippen molar-refractivity contribution in [3.63, 3.8) is 0 Å². The van der Waals surface area contributed by atoms with Gasteiger partial charge in [-0.15, -0.1) is 11.3 Å². The molecule has 0 atom stereocenters. The van der Waals surface area contributed by atoms with Crippen LogP contribution in [-0.4, -0.2) is 40.8 Å². The lowest BCUT2D eigenvalue weighted by atomic mass is 10.0. The number of hydrogen-bond acceptors (Lipinski definition) is 6. The SMILES string of the molecule is Cc1cccc(CN2CCC(NC(=O)Cc3csc(NC(=O)c4ccco4)n3)CC2)c1. The largest absolute Gasteiger partial charge is 0.459 e. The summed E-state index contributed by atoms with van der Waals surface area (Å²) in [6, 6.07) is 12.0. The Balaban J connectivity index is 1.20. The summed E-state index contributed by atoms with van der Waals surface area (Å²) in [5.41, 5.74) is 3.26. The third kappa shape index (κ3) is 6.02. The summed E-state index contributed by atoms with van der Waals surface area (Å²) in [6.45, 7) is 5.01. The summed E-state index contributed by atoms with van der Waals surface area (Å²) in [6.07, 6.45) is 3.54. The first kappa shape index (κ1) is 21.3. The van der Waals surface area contributed by atoms with Gasteiger partial charge in [-0.1, -0.05) is 29.8 Å². The molecule has 2 N–H and O–H groups in total. The molecule has 0 saturated carbocycles. The molecule has 162 valence electrons. The van der Waals surface area contributed by atoms with Gasteiger partial charge >= 0.3 is 0 Å². The third-order valence-corrected chi connectivity index (χ3v) is 6.11. The number of piperidine rings is 1. The number of nitrogens with one attached hydrogen (secondary N) is 2. The van der Waals surface area contributed by atoms with Gasteiger partial charge in [0, 0.05) is 31.1 Å². The van der Waals surface area contributed by atoms with Crippen molar-refractivity contribution in [2.24, 2.45) is 0 Å². The lowest BCUT2D eigenvalue weighted by molar-refractivity contribution is -0.121. The topological polar surface area (TPSA) is 87.5 Å². The molecule has 0 bridgehead atoms. The van der Waals surface area contributed by atoms with E-state index in [0.29, 0.717) is 10.8 Å².